The molecule has 0 bridgehead atoms. The summed E-state index contributed by atoms with van der Waals surface area (Å²) in [6.45, 7) is 1.88. The van der Waals surface area contributed by atoms with Crippen molar-refractivity contribution in [3.05, 3.63) is 75.0 Å². The number of aryl methyl sites for hydroxylation is 1. The first-order valence-corrected chi connectivity index (χ1v) is 7.98. The number of aromatic nitrogens is 1. The van der Waals surface area contributed by atoms with Crippen LogP contribution < -0.4 is 10.9 Å². The van der Waals surface area contributed by atoms with Crippen LogP contribution in [0.2, 0.25) is 0 Å². The lowest BCUT2D eigenvalue weighted by Gasteiger charge is -2.12. The minimum absolute atomic E-state index is 0.0182. The van der Waals surface area contributed by atoms with Crippen LogP contribution in [0.5, 0.6) is 0 Å². The number of nitrogens with one attached hydrogen (secondary N) is 1. The van der Waals surface area contributed by atoms with Gasteiger partial charge in [0.1, 0.15) is 6.54 Å². The Morgan fingerprint density at radius 2 is 1.83 bits per heavy atom. The van der Waals surface area contributed by atoms with E-state index in [1.54, 1.807) is 18.2 Å². The van der Waals surface area contributed by atoms with Crippen molar-refractivity contribution in [2.24, 2.45) is 0 Å². The molecule has 1 N–H and O–H groups in total. The third kappa shape index (κ3) is 3.35. The molecule has 0 radical (unpaired) electrons. The Bertz CT molecular complexity index is 930. The monoisotopic (exact) mass is 370 g/mol. The van der Waals surface area contributed by atoms with Crippen molar-refractivity contribution < 1.29 is 4.79 Å². The molecule has 0 aliphatic heterocycles. The van der Waals surface area contributed by atoms with Crippen molar-refractivity contribution in [3.8, 4) is 0 Å². The topological polar surface area (TPSA) is 51.1 Å². The van der Waals surface area contributed by atoms with Gasteiger partial charge in [-0.3, -0.25) is 14.2 Å². The number of benzene rings is 2. The van der Waals surface area contributed by atoms with Gasteiger partial charge in [-0.2, -0.15) is 0 Å². The molecule has 1 aromatic heterocycles. The molecule has 23 heavy (non-hydrogen) atoms. The molecule has 2 aromatic carbocycles. The van der Waals surface area contributed by atoms with E-state index in [4.69, 9.17) is 0 Å². The molecular formula is C18H15BrN2O2. The Labute approximate surface area is 141 Å². The highest BCUT2D eigenvalue weighted by Crippen LogP contribution is 2.17. The van der Waals surface area contributed by atoms with E-state index in [2.05, 4.69) is 21.2 Å². The maximum Gasteiger partial charge on any atom is 0.251 e. The summed E-state index contributed by atoms with van der Waals surface area (Å²) < 4.78 is 2.44. The van der Waals surface area contributed by atoms with Crippen LogP contribution in [0.4, 0.5) is 5.69 Å². The van der Waals surface area contributed by atoms with Gasteiger partial charge >= 0.3 is 0 Å². The summed E-state index contributed by atoms with van der Waals surface area (Å²) in [7, 11) is 0. The maximum absolute atomic E-state index is 12.3. The predicted octanol–water partition coefficient (Wildman–Crippen LogP) is 3.71. The highest BCUT2D eigenvalue weighted by Gasteiger charge is 2.10. The summed E-state index contributed by atoms with van der Waals surface area (Å²) >= 11 is 3.35. The van der Waals surface area contributed by atoms with Crippen molar-refractivity contribution in [3.63, 3.8) is 0 Å². The minimum atomic E-state index is -0.233. The molecule has 0 aliphatic carbocycles. The fourth-order valence-corrected chi connectivity index (χ4v) is 2.81. The third-order valence-corrected chi connectivity index (χ3v) is 4.18. The Hall–Kier alpha value is -2.40. The smallest absolute Gasteiger partial charge is 0.251 e. The summed E-state index contributed by atoms with van der Waals surface area (Å²) in [5.41, 5.74) is 2.20. The quantitative estimate of drug-likeness (QED) is 0.763. The van der Waals surface area contributed by atoms with Gasteiger partial charge in [0.15, 0.2) is 0 Å². The molecule has 0 saturated carbocycles. The highest BCUT2D eigenvalue weighted by atomic mass is 79.9. The van der Waals surface area contributed by atoms with Gasteiger partial charge in [0.05, 0.1) is 5.52 Å². The summed E-state index contributed by atoms with van der Waals surface area (Å²) in [5, 5.41) is 3.78. The van der Waals surface area contributed by atoms with E-state index in [0.717, 1.165) is 20.9 Å². The molecule has 1 amide bonds. The number of halogens is 1. The number of nitrogens with zero attached hydrogens (tertiary/aromatic N) is 1. The van der Waals surface area contributed by atoms with Crippen LogP contribution in [0.1, 0.15) is 5.56 Å². The summed E-state index contributed by atoms with van der Waals surface area (Å²) in [4.78, 5) is 24.5. The van der Waals surface area contributed by atoms with Gasteiger partial charge in [0.2, 0.25) is 5.91 Å². The van der Waals surface area contributed by atoms with Crippen LogP contribution in [0.15, 0.2) is 63.9 Å². The van der Waals surface area contributed by atoms with Gasteiger partial charge in [0, 0.05) is 21.6 Å². The second-order valence-corrected chi connectivity index (χ2v) is 6.24. The van der Waals surface area contributed by atoms with E-state index in [1.807, 2.05) is 43.3 Å². The number of amides is 1. The molecule has 3 rings (SSSR count). The fraction of sp³-hybridized carbons (Fsp3) is 0.111. The van der Waals surface area contributed by atoms with Gasteiger partial charge in [-0.25, -0.2) is 0 Å². The number of hydrogen-bond donors (Lipinski definition) is 1. The van der Waals surface area contributed by atoms with Crippen molar-refractivity contribution >= 4 is 38.4 Å². The zero-order valence-electron chi connectivity index (χ0n) is 12.5. The Morgan fingerprint density at radius 1 is 1.13 bits per heavy atom. The van der Waals surface area contributed by atoms with E-state index >= 15 is 0 Å². The Morgan fingerprint density at radius 3 is 2.57 bits per heavy atom. The predicted molar refractivity (Wildman–Crippen MR) is 95.7 cm³/mol. The average Bonchev–Trinajstić information content (AvgIpc) is 2.54. The molecule has 116 valence electrons. The molecule has 0 unspecified atom stereocenters. The SMILES string of the molecule is Cc1cc(=O)n(CC(=O)Nc2ccc(Br)cc2)c2ccccc12. The number of carbonyl (C=O) groups excluding carboxylic acids is 1. The molecule has 0 spiro atoms. The number of pyridine rings is 1. The first-order chi connectivity index (χ1) is 11.0. The number of fused-ring (bicyclic) bond motifs is 1. The standard InChI is InChI=1S/C18H15BrN2O2/c1-12-10-18(23)21(16-5-3-2-4-15(12)16)11-17(22)20-14-8-6-13(19)7-9-14/h2-10H,11H2,1H3,(H,20,22). The Kier molecular flexibility index (Phi) is 4.30. The van der Waals surface area contributed by atoms with Crippen molar-refractivity contribution in [2.45, 2.75) is 13.5 Å². The van der Waals surface area contributed by atoms with Crippen LogP contribution in [-0.2, 0) is 11.3 Å². The normalized spacial score (nSPS) is 10.7. The van der Waals surface area contributed by atoms with Crippen LogP contribution in [0, 0.1) is 6.92 Å². The van der Waals surface area contributed by atoms with Crippen LogP contribution in [0.3, 0.4) is 0 Å². The van der Waals surface area contributed by atoms with Gasteiger partial charge < -0.3 is 5.32 Å². The highest BCUT2D eigenvalue weighted by molar-refractivity contribution is 9.10. The second-order valence-electron chi connectivity index (χ2n) is 5.32. The minimum Gasteiger partial charge on any atom is -0.325 e. The van der Waals surface area contributed by atoms with Crippen LogP contribution in [0.25, 0.3) is 10.9 Å². The maximum atomic E-state index is 12.3. The van der Waals surface area contributed by atoms with Crippen LogP contribution in [-0.4, -0.2) is 10.5 Å². The van der Waals surface area contributed by atoms with Crippen LogP contribution >= 0.6 is 15.9 Å². The lowest BCUT2D eigenvalue weighted by Crippen LogP contribution is -2.27. The lowest BCUT2D eigenvalue weighted by molar-refractivity contribution is -0.116. The molecule has 4 nitrogen and oxygen atoms in total. The molecule has 3 aromatic rings. The molecule has 5 heteroatoms. The zero-order valence-corrected chi connectivity index (χ0v) is 14.1. The summed E-state index contributed by atoms with van der Waals surface area (Å²) in [5.74, 6) is -0.233. The van der Waals surface area contributed by atoms with E-state index in [1.165, 1.54) is 4.57 Å². The Balaban J connectivity index is 1.90. The number of hydrogen-bond acceptors (Lipinski definition) is 2. The molecule has 0 aliphatic rings. The van der Waals surface area contributed by atoms with Gasteiger partial charge in [-0.1, -0.05) is 34.1 Å². The third-order valence-electron chi connectivity index (χ3n) is 3.66. The van der Waals surface area contributed by atoms with Gasteiger partial charge in [-0.05, 0) is 42.8 Å². The molecule has 0 saturated heterocycles. The summed E-state index contributed by atoms with van der Waals surface area (Å²) in [6, 6.07) is 16.5. The average molecular weight is 371 g/mol. The molecule has 1 heterocycles. The zero-order chi connectivity index (χ0) is 16.4. The second kappa shape index (κ2) is 6.38. The first-order valence-electron chi connectivity index (χ1n) is 7.19. The van der Waals surface area contributed by atoms with Gasteiger partial charge in [0.25, 0.3) is 5.56 Å². The molecular weight excluding hydrogens is 356 g/mol. The fourth-order valence-electron chi connectivity index (χ4n) is 2.54. The summed E-state index contributed by atoms with van der Waals surface area (Å²) in [6.07, 6.45) is 0. The lowest BCUT2D eigenvalue weighted by atomic mass is 10.1. The first kappa shape index (κ1) is 15.5. The van der Waals surface area contributed by atoms with Crippen molar-refractivity contribution in [1.29, 1.82) is 0 Å². The van der Waals surface area contributed by atoms with E-state index < -0.39 is 0 Å². The number of para-hydroxylation sites is 1. The largest absolute Gasteiger partial charge is 0.325 e. The van der Waals surface area contributed by atoms with Crippen molar-refractivity contribution in [1.82, 2.24) is 4.57 Å². The van der Waals surface area contributed by atoms with Gasteiger partial charge in [-0.15, -0.1) is 0 Å². The van der Waals surface area contributed by atoms with E-state index in [0.29, 0.717) is 5.69 Å². The molecule has 0 fully saturated rings. The number of carbonyl (C=O) groups is 1. The van der Waals surface area contributed by atoms with Crippen molar-refractivity contribution in [2.75, 3.05) is 5.32 Å². The van der Waals surface area contributed by atoms with E-state index in [-0.39, 0.29) is 18.0 Å². The number of anilines is 1. The molecule has 0 atom stereocenters. The number of rotatable bonds is 3. The van der Waals surface area contributed by atoms with E-state index in [9.17, 15) is 9.59 Å².